The Kier molecular flexibility index (Phi) is 5.45. The lowest BCUT2D eigenvalue weighted by molar-refractivity contribution is -0.139. The number of carbonyl (C=O) groups excluding carboxylic acids is 2. The van der Waals surface area contributed by atoms with Crippen LogP contribution in [0.5, 0.6) is 0 Å². The highest BCUT2D eigenvalue weighted by Crippen LogP contribution is 2.15. The lowest BCUT2D eigenvalue weighted by Gasteiger charge is -2.14. The van der Waals surface area contributed by atoms with E-state index in [-0.39, 0.29) is 23.4 Å². The van der Waals surface area contributed by atoms with Crippen molar-refractivity contribution >= 4 is 29.4 Å². The van der Waals surface area contributed by atoms with Gasteiger partial charge in [0.1, 0.15) is 11.9 Å². The van der Waals surface area contributed by atoms with Crippen LogP contribution in [0.2, 0.25) is 5.02 Å². The van der Waals surface area contributed by atoms with Gasteiger partial charge in [-0.1, -0.05) is 11.6 Å². The van der Waals surface area contributed by atoms with Crippen molar-refractivity contribution in [2.75, 3.05) is 0 Å². The van der Waals surface area contributed by atoms with Crippen molar-refractivity contribution in [2.24, 2.45) is 5.73 Å². The Morgan fingerprint density at radius 3 is 2.60 bits per heavy atom. The van der Waals surface area contributed by atoms with E-state index in [2.05, 4.69) is 5.32 Å². The van der Waals surface area contributed by atoms with Gasteiger partial charge in [-0.15, -0.1) is 0 Å². The number of hydrogen-bond donors (Lipinski definition) is 3. The zero-order valence-corrected chi connectivity index (χ0v) is 11.0. The summed E-state index contributed by atoms with van der Waals surface area (Å²) in [5.74, 6) is -3.80. The molecule has 8 heteroatoms. The van der Waals surface area contributed by atoms with Crippen LogP contribution in [0.1, 0.15) is 23.2 Å². The maximum atomic E-state index is 13.4. The highest BCUT2D eigenvalue weighted by molar-refractivity contribution is 6.31. The maximum Gasteiger partial charge on any atom is 0.326 e. The molecule has 0 aliphatic heterocycles. The first-order valence-electron chi connectivity index (χ1n) is 5.58. The van der Waals surface area contributed by atoms with E-state index in [4.69, 9.17) is 22.4 Å². The third kappa shape index (κ3) is 4.51. The van der Waals surface area contributed by atoms with Crippen LogP contribution >= 0.6 is 11.6 Å². The molecule has 0 aromatic heterocycles. The summed E-state index contributed by atoms with van der Waals surface area (Å²) < 4.78 is 13.4. The number of carboxylic acid groups (broad SMARTS) is 1. The zero-order chi connectivity index (χ0) is 15.3. The van der Waals surface area contributed by atoms with Crippen LogP contribution in [-0.4, -0.2) is 28.9 Å². The molecule has 1 atom stereocenters. The van der Waals surface area contributed by atoms with Crippen molar-refractivity contribution in [3.05, 3.63) is 34.6 Å². The van der Waals surface area contributed by atoms with Gasteiger partial charge in [-0.3, -0.25) is 9.59 Å². The number of primary amides is 1. The summed E-state index contributed by atoms with van der Waals surface area (Å²) in [6.07, 6.45) is -0.395. The van der Waals surface area contributed by atoms with E-state index in [1.54, 1.807) is 0 Å². The summed E-state index contributed by atoms with van der Waals surface area (Å²) in [4.78, 5) is 33.4. The molecule has 20 heavy (non-hydrogen) atoms. The van der Waals surface area contributed by atoms with Crippen LogP contribution in [0.4, 0.5) is 4.39 Å². The number of nitrogens with one attached hydrogen (secondary N) is 1. The minimum absolute atomic E-state index is 0.139. The summed E-state index contributed by atoms with van der Waals surface area (Å²) in [5.41, 5.74) is 4.53. The number of halogens is 2. The zero-order valence-electron chi connectivity index (χ0n) is 10.2. The molecule has 0 aliphatic carbocycles. The fourth-order valence-electron chi connectivity index (χ4n) is 1.45. The molecular formula is C12H12ClFN2O4. The predicted molar refractivity (Wildman–Crippen MR) is 68.7 cm³/mol. The first kappa shape index (κ1) is 15.9. The SMILES string of the molecule is NC(=O)CCC(NC(=O)c1cc(Cl)ccc1F)C(=O)O. The van der Waals surface area contributed by atoms with E-state index in [1.165, 1.54) is 6.07 Å². The fourth-order valence-corrected chi connectivity index (χ4v) is 1.62. The molecule has 1 aromatic carbocycles. The van der Waals surface area contributed by atoms with Crippen molar-refractivity contribution in [1.29, 1.82) is 0 Å². The molecule has 0 bridgehead atoms. The topological polar surface area (TPSA) is 109 Å². The predicted octanol–water partition coefficient (Wildman–Crippen LogP) is 0.928. The van der Waals surface area contributed by atoms with E-state index < -0.39 is 29.6 Å². The number of hydrogen-bond acceptors (Lipinski definition) is 3. The third-order valence-corrected chi connectivity index (χ3v) is 2.69. The third-order valence-electron chi connectivity index (χ3n) is 2.46. The normalized spacial score (nSPS) is 11.7. The van der Waals surface area contributed by atoms with E-state index in [0.717, 1.165) is 12.1 Å². The van der Waals surface area contributed by atoms with Gasteiger partial charge in [0.2, 0.25) is 5.91 Å². The van der Waals surface area contributed by atoms with Crippen molar-refractivity contribution in [3.8, 4) is 0 Å². The Morgan fingerprint density at radius 2 is 2.05 bits per heavy atom. The lowest BCUT2D eigenvalue weighted by Crippen LogP contribution is -2.41. The van der Waals surface area contributed by atoms with E-state index >= 15 is 0 Å². The molecule has 2 amide bonds. The minimum Gasteiger partial charge on any atom is -0.480 e. The van der Waals surface area contributed by atoms with Crippen LogP contribution in [0.15, 0.2) is 18.2 Å². The lowest BCUT2D eigenvalue weighted by atomic mass is 10.1. The summed E-state index contributed by atoms with van der Waals surface area (Å²) in [6.45, 7) is 0. The number of benzene rings is 1. The second-order valence-electron chi connectivity index (χ2n) is 3.99. The molecule has 0 aliphatic rings. The van der Waals surface area contributed by atoms with Crippen LogP contribution < -0.4 is 11.1 Å². The molecular weight excluding hydrogens is 291 g/mol. The van der Waals surface area contributed by atoms with E-state index in [1.807, 2.05) is 0 Å². The number of amides is 2. The van der Waals surface area contributed by atoms with Gasteiger partial charge in [0.25, 0.3) is 5.91 Å². The molecule has 1 aromatic rings. The fraction of sp³-hybridized carbons (Fsp3) is 0.250. The monoisotopic (exact) mass is 302 g/mol. The van der Waals surface area contributed by atoms with Crippen LogP contribution in [-0.2, 0) is 9.59 Å². The van der Waals surface area contributed by atoms with Crippen molar-refractivity contribution in [3.63, 3.8) is 0 Å². The molecule has 1 rings (SSSR count). The highest BCUT2D eigenvalue weighted by atomic mass is 35.5. The standard InChI is InChI=1S/C12H12ClFN2O4/c13-6-1-2-8(14)7(5-6)11(18)16-9(12(19)20)3-4-10(15)17/h1-2,5,9H,3-4H2,(H2,15,17)(H,16,18)(H,19,20). The number of carboxylic acids is 1. The van der Waals surface area contributed by atoms with Crippen molar-refractivity contribution in [2.45, 2.75) is 18.9 Å². The second kappa shape index (κ2) is 6.85. The quantitative estimate of drug-likeness (QED) is 0.726. The van der Waals surface area contributed by atoms with Gasteiger partial charge < -0.3 is 16.2 Å². The Morgan fingerprint density at radius 1 is 1.40 bits per heavy atom. The highest BCUT2D eigenvalue weighted by Gasteiger charge is 2.22. The largest absolute Gasteiger partial charge is 0.480 e. The average Bonchev–Trinajstić information content (AvgIpc) is 2.36. The van der Waals surface area contributed by atoms with Crippen LogP contribution in [0.25, 0.3) is 0 Å². The molecule has 6 nitrogen and oxygen atoms in total. The summed E-state index contributed by atoms with van der Waals surface area (Å²) in [7, 11) is 0. The van der Waals surface area contributed by atoms with Gasteiger partial charge in [0.05, 0.1) is 5.56 Å². The molecule has 1 unspecified atom stereocenters. The number of carbonyl (C=O) groups is 3. The maximum absolute atomic E-state index is 13.4. The minimum atomic E-state index is -1.35. The number of nitrogens with two attached hydrogens (primary N) is 1. The Bertz CT molecular complexity index is 550. The molecule has 0 spiro atoms. The molecule has 0 heterocycles. The molecule has 0 radical (unpaired) electrons. The smallest absolute Gasteiger partial charge is 0.326 e. The van der Waals surface area contributed by atoms with Crippen LogP contribution in [0, 0.1) is 5.82 Å². The first-order chi connectivity index (χ1) is 9.31. The van der Waals surface area contributed by atoms with Crippen LogP contribution in [0.3, 0.4) is 0 Å². The summed E-state index contributed by atoms with van der Waals surface area (Å²) in [6, 6.07) is 2.00. The molecule has 0 saturated heterocycles. The number of rotatable bonds is 6. The Hall–Kier alpha value is -2.15. The average molecular weight is 303 g/mol. The van der Waals surface area contributed by atoms with Gasteiger partial charge >= 0.3 is 5.97 Å². The number of aliphatic carboxylic acids is 1. The Labute approximate surface area is 118 Å². The summed E-state index contributed by atoms with van der Waals surface area (Å²) in [5, 5.41) is 11.2. The van der Waals surface area contributed by atoms with Gasteiger partial charge in [-0.25, -0.2) is 9.18 Å². The van der Waals surface area contributed by atoms with E-state index in [9.17, 15) is 18.8 Å². The van der Waals surface area contributed by atoms with Gasteiger partial charge in [0.15, 0.2) is 0 Å². The van der Waals surface area contributed by atoms with Gasteiger partial charge in [-0.2, -0.15) is 0 Å². The van der Waals surface area contributed by atoms with Crippen molar-refractivity contribution in [1.82, 2.24) is 5.32 Å². The molecule has 0 fully saturated rings. The molecule has 108 valence electrons. The first-order valence-corrected chi connectivity index (χ1v) is 5.96. The molecule has 0 saturated carbocycles. The molecule has 4 N–H and O–H groups in total. The summed E-state index contributed by atoms with van der Waals surface area (Å²) >= 11 is 5.64. The van der Waals surface area contributed by atoms with E-state index in [0.29, 0.717) is 0 Å². The van der Waals surface area contributed by atoms with Crippen molar-refractivity contribution < 1.29 is 23.9 Å². The van der Waals surface area contributed by atoms with Gasteiger partial charge in [0, 0.05) is 11.4 Å². The van der Waals surface area contributed by atoms with Gasteiger partial charge in [-0.05, 0) is 24.6 Å². The Balaban J connectivity index is 2.82. The second-order valence-corrected chi connectivity index (χ2v) is 4.43.